The molecule has 0 radical (unpaired) electrons. The molecular weight excluding hydrogens is 214 g/mol. The van der Waals surface area contributed by atoms with Gasteiger partial charge in [0, 0.05) is 0 Å². The van der Waals surface area contributed by atoms with Gasteiger partial charge in [-0.1, -0.05) is 11.6 Å². The van der Waals surface area contributed by atoms with Crippen molar-refractivity contribution in [2.24, 2.45) is 0 Å². The zero-order valence-corrected chi connectivity index (χ0v) is 7.42. The maximum Gasteiger partial charge on any atom is 0.281 e. The van der Waals surface area contributed by atoms with Gasteiger partial charge in [0.1, 0.15) is 16.9 Å². The van der Waals surface area contributed by atoms with Crippen LogP contribution in [0.15, 0.2) is 6.07 Å². The van der Waals surface area contributed by atoms with Crippen LogP contribution in [-0.4, -0.2) is 11.3 Å². The molecule has 0 saturated heterocycles. The molecule has 0 aliphatic heterocycles. The Hall–Kier alpha value is -1.54. The number of aldehydes is 1. The standard InChI is InChI=1S/C8H3ClF2N2O/c9-7-5(3-14)1-4(2-12)6(13-7)8(10)11/h1,3,8H. The van der Waals surface area contributed by atoms with Gasteiger partial charge >= 0.3 is 0 Å². The fourth-order valence-corrected chi connectivity index (χ4v) is 1.05. The molecule has 0 amide bonds. The molecule has 0 spiro atoms. The number of hydrogen-bond acceptors (Lipinski definition) is 3. The first kappa shape index (κ1) is 10.5. The highest BCUT2D eigenvalue weighted by molar-refractivity contribution is 6.31. The number of nitrogens with zero attached hydrogens (tertiary/aromatic N) is 2. The molecular formula is C8H3ClF2N2O. The van der Waals surface area contributed by atoms with E-state index in [1.54, 1.807) is 0 Å². The summed E-state index contributed by atoms with van der Waals surface area (Å²) in [7, 11) is 0. The third kappa shape index (κ3) is 1.86. The second-order valence-electron chi connectivity index (χ2n) is 2.33. The molecule has 0 aliphatic rings. The minimum Gasteiger partial charge on any atom is -0.298 e. The Balaban J connectivity index is 3.40. The molecule has 0 aliphatic carbocycles. The third-order valence-corrected chi connectivity index (χ3v) is 1.79. The van der Waals surface area contributed by atoms with E-state index in [-0.39, 0.29) is 16.3 Å². The van der Waals surface area contributed by atoms with E-state index in [9.17, 15) is 13.6 Å². The Kier molecular flexibility index (Phi) is 3.10. The van der Waals surface area contributed by atoms with E-state index in [2.05, 4.69) is 4.98 Å². The summed E-state index contributed by atoms with van der Waals surface area (Å²) in [6, 6.07) is 2.51. The van der Waals surface area contributed by atoms with Crippen molar-refractivity contribution in [3.8, 4) is 6.07 Å². The number of rotatable bonds is 2. The summed E-state index contributed by atoms with van der Waals surface area (Å²) in [6.45, 7) is 0. The summed E-state index contributed by atoms with van der Waals surface area (Å²) in [5.74, 6) is 0. The SMILES string of the molecule is N#Cc1cc(C=O)c(Cl)nc1C(F)F. The Morgan fingerprint density at radius 2 is 2.29 bits per heavy atom. The van der Waals surface area contributed by atoms with Crippen molar-refractivity contribution in [1.82, 2.24) is 4.98 Å². The molecule has 72 valence electrons. The van der Waals surface area contributed by atoms with Crippen molar-refractivity contribution >= 4 is 17.9 Å². The number of nitriles is 1. The Labute approximate surface area is 82.9 Å². The first-order valence-corrected chi connectivity index (χ1v) is 3.81. The van der Waals surface area contributed by atoms with E-state index in [0.717, 1.165) is 6.07 Å². The molecule has 1 aromatic heterocycles. The van der Waals surface area contributed by atoms with Gasteiger partial charge in [-0.2, -0.15) is 5.26 Å². The zero-order chi connectivity index (χ0) is 10.7. The third-order valence-electron chi connectivity index (χ3n) is 1.49. The van der Waals surface area contributed by atoms with Crippen molar-refractivity contribution in [2.45, 2.75) is 6.43 Å². The summed E-state index contributed by atoms with van der Waals surface area (Å²) in [4.78, 5) is 13.6. The highest BCUT2D eigenvalue weighted by Gasteiger charge is 2.17. The lowest BCUT2D eigenvalue weighted by Gasteiger charge is -2.03. The first-order chi connectivity index (χ1) is 6.60. The monoisotopic (exact) mass is 216 g/mol. The highest BCUT2D eigenvalue weighted by atomic mass is 35.5. The van der Waals surface area contributed by atoms with Crippen LogP contribution in [0.25, 0.3) is 0 Å². The van der Waals surface area contributed by atoms with E-state index in [4.69, 9.17) is 16.9 Å². The maximum atomic E-state index is 12.3. The van der Waals surface area contributed by atoms with Gasteiger partial charge in [0.15, 0.2) is 6.29 Å². The molecule has 6 heteroatoms. The molecule has 1 aromatic rings. The molecule has 0 N–H and O–H groups in total. The van der Waals surface area contributed by atoms with E-state index >= 15 is 0 Å². The fourth-order valence-electron chi connectivity index (χ4n) is 0.858. The predicted molar refractivity (Wildman–Crippen MR) is 44.3 cm³/mol. The molecule has 1 rings (SSSR count). The van der Waals surface area contributed by atoms with Gasteiger partial charge in [-0.15, -0.1) is 0 Å². The van der Waals surface area contributed by atoms with Crippen LogP contribution in [0.5, 0.6) is 0 Å². The van der Waals surface area contributed by atoms with Crippen LogP contribution in [0.1, 0.15) is 28.0 Å². The number of halogens is 3. The van der Waals surface area contributed by atoms with Crippen LogP contribution in [0.4, 0.5) is 8.78 Å². The molecule has 0 saturated carbocycles. The van der Waals surface area contributed by atoms with E-state index in [1.807, 2.05) is 0 Å². The Morgan fingerprint density at radius 3 is 2.71 bits per heavy atom. The molecule has 0 fully saturated rings. The van der Waals surface area contributed by atoms with Gasteiger partial charge in [-0.3, -0.25) is 4.79 Å². The van der Waals surface area contributed by atoms with Crippen molar-refractivity contribution in [2.75, 3.05) is 0 Å². The van der Waals surface area contributed by atoms with Gasteiger partial charge in [-0.05, 0) is 6.07 Å². The predicted octanol–water partition coefficient (Wildman–Crippen LogP) is 2.36. The van der Waals surface area contributed by atoms with Crippen molar-refractivity contribution < 1.29 is 13.6 Å². The zero-order valence-electron chi connectivity index (χ0n) is 6.67. The molecule has 0 bridgehead atoms. The Bertz CT molecular complexity index is 415. The van der Waals surface area contributed by atoms with Gasteiger partial charge in [-0.25, -0.2) is 13.8 Å². The van der Waals surface area contributed by atoms with Crippen molar-refractivity contribution in [1.29, 1.82) is 5.26 Å². The van der Waals surface area contributed by atoms with Crippen LogP contribution in [-0.2, 0) is 0 Å². The number of carbonyl (C=O) groups is 1. The number of carbonyl (C=O) groups excluding carboxylic acids is 1. The van der Waals surface area contributed by atoms with E-state index in [1.165, 1.54) is 6.07 Å². The van der Waals surface area contributed by atoms with Gasteiger partial charge in [0.25, 0.3) is 6.43 Å². The molecule has 3 nitrogen and oxygen atoms in total. The summed E-state index contributed by atoms with van der Waals surface area (Å²) < 4.78 is 24.5. The van der Waals surface area contributed by atoms with Gasteiger partial charge < -0.3 is 0 Å². The van der Waals surface area contributed by atoms with Crippen LogP contribution in [0.3, 0.4) is 0 Å². The fraction of sp³-hybridized carbons (Fsp3) is 0.125. The smallest absolute Gasteiger partial charge is 0.281 e. The van der Waals surface area contributed by atoms with E-state index in [0.29, 0.717) is 6.29 Å². The summed E-state index contributed by atoms with van der Waals surface area (Å²) >= 11 is 5.42. The molecule has 0 aromatic carbocycles. The number of alkyl halides is 2. The molecule has 14 heavy (non-hydrogen) atoms. The summed E-state index contributed by atoms with van der Waals surface area (Å²) in [6.07, 6.45) is -2.53. The average molecular weight is 217 g/mol. The molecule has 1 heterocycles. The lowest BCUT2D eigenvalue weighted by atomic mass is 10.1. The molecule has 0 atom stereocenters. The number of pyridine rings is 1. The first-order valence-electron chi connectivity index (χ1n) is 3.44. The number of hydrogen-bond donors (Lipinski definition) is 0. The number of aromatic nitrogens is 1. The second kappa shape index (κ2) is 4.11. The minimum atomic E-state index is -2.89. The largest absolute Gasteiger partial charge is 0.298 e. The normalized spacial score (nSPS) is 9.93. The lowest BCUT2D eigenvalue weighted by Crippen LogP contribution is -1.99. The van der Waals surface area contributed by atoms with Crippen LogP contribution in [0, 0.1) is 11.3 Å². The minimum absolute atomic E-state index is 0.0763. The van der Waals surface area contributed by atoms with Gasteiger partial charge in [0.05, 0.1) is 11.1 Å². The Morgan fingerprint density at radius 1 is 1.64 bits per heavy atom. The second-order valence-corrected chi connectivity index (χ2v) is 2.69. The van der Waals surface area contributed by atoms with Gasteiger partial charge in [0.2, 0.25) is 0 Å². The lowest BCUT2D eigenvalue weighted by molar-refractivity contribution is 0.112. The quantitative estimate of drug-likeness (QED) is 0.563. The van der Waals surface area contributed by atoms with Crippen molar-refractivity contribution in [3.05, 3.63) is 28.0 Å². The van der Waals surface area contributed by atoms with Crippen molar-refractivity contribution in [3.63, 3.8) is 0 Å². The summed E-state index contributed by atoms with van der Waals surface area (Å²) in [5, 5.41) is 8.17. The summed E-state index contributed by atoms with van der Waals surface area (Å²) in [5.41, 5.74) is -1.12. The van der Waals surface area contributed by atoms with E-state index < -0.39 is 12.1 Å². The van der Waals surface area contributed by atoms with Crippen LogP contribution < -0.4 is 0 Å². The van der Waals surface area contributed by atoms with Crippen LogP contribution >= 0.6 is 11.6 Å². The average Bonchev–Trinajstić information content (AvgIpc) is 2.17. The highest BCUT2D eigenvalue weighted by Crippen LogP contribution is 2.24. The molecule has 0 unspecified atom stereocenters. The topological polar surface area (TPSA) is 53.8 Å². The van der Waals surface area contributed by atoms with Crippen LogP contribution in [0.2, 0.25) is 5.15 Å². The maximum absolute atomic E-state index is 12.3.